The van der Waals surface area contributed by atoms with Crippen LogP contribution in [0.5, 0.6) is 0 Å². The largest absolute Gasteiger partial charge is 0.374 e. The standard InChI is InChI=1S/C20H20F3NO2/c1-26-20(14-7-10-16(22)17(23)12-14)19(13-5-8-15(21)9-6-13)24-11-3-2-4-18(24)25/h5-10,12,19-20H,2-4,11H2,1H3/t19-,20+/m1/s1. The third-order valence-electron chi connectivity index (χ3n) is 4.72. The molecule has 1 amide bonds. The zero-order chi connectivity index (χ0) is 18.7. The van der Waals surface area contributed by atoms with E-state index in [1.165, 1.54) is 25.3 Å². The van der Waals surface area contributed by atoms with Gasteiger partial charge < -0.3 is 9.64 Å². The fraction of sp³-hybridized carbons (Fsp3) is 0.350. The van der Waals surface area contributed by atoms with Crippen molar-refractivity contribution in [1.29, 1.82) is 0 Å². The Morgan fingerprint density at radius 2 is 1.65 bits per heavy atom. The lowest BCUT2D eigenvalue weighted by Gasteiger charge is -2.39. The van der Waals surface area contributed by atoms with E-state index < -0.39 is 23.8 Å². The average molecular weight is 363 g/mol. The molecule has 138 valence electrons. The Kier molecular flexibility index (Phi) is 5.61. The first kappa shape index (κ1) is 18.5. The third-order valence-corrected chi connectivity index (χ3v) is 4.72. The first-order chi connectivity index (χ1) is 12.5. The first-order valence-corrected chi connectivity index (χ1v) is 8.54. The fourth-order valence-electron chi connectivity index (χ4n) is 3.44. The SMILES string of the molecule is CO[C@@H](c1ccc(F)c(F)c1)[C@@H](c1ccc(F)cc1)N1CCCCC1=O. The predicted octanol–water partition coefficient (Wildman–Crippen LogP) is 4.55. The van der Waals surface area contributed by atoms with Gasteiger partial charge in [0, 0.05) is 20.1 Å². The number of carbonyl (C=O) groups is 1. The number of piperidine rings is 1. The van der Waals surface area contributed by atoms with Crippen LogP contribution >= 0.6 is 0 Å². The van der Waals surface area contributed by atoms with E-state index in [2.05, 4.69) is 0 Å². The number of methoxy groups -OCH3 is 1. The van der Waals surface area contributed by atoms with Crippen molar-refractivity contribution >= 4 is 5.91 Å². The lowest BCUT2D eigenvalue weighted by Crippen LogP contribution is -2.41. The number of carbonyl (C=O) groups excluding carboxylic acids is 1. The summed E-state index contributed by atoms with van der Waals surface area (Å²) in [6.45, 7) is 0.532. The van der Waals surface area contributed by atoms with E-state index in [9.17, 15) is 18.0 Å². The zero-order valence-corrected chi connectivity index (χ0v) is 14.4. The molecule has 0 aromatic heterocycles. The molecule has 3 nitrogen and oxygen atoms in total. The van der Waals surface area contributed by atoms with Gasteiger partial charge in [0.05, 0.1) is 6.04 Å². The van der Waals surface area contributed by atoms with Crippen molar-refractivity contribution in [3.05, 3.63) is 71.0 Å². The van der Waals surface area contributed by atoms with E-state index in [4.69, 9.17) is 4.74 Å². The molecule has 3 rings (SSSR count). The van der Waals surface area contributed by atoms with Crippen LogP contribution in [-0.2, 0) is 9.53 Å². The van der Waals surface area contributed by atoms with Crippen molar-refractivity contribution < 1.29 is 22.7 Å². The number of amides is 1. The van der Waals surface area contributed by atoms with Gasteiger partial charge in [0.25, 0.3) is 0 Å². The molecule has 0 aliphatic carbocycles. The number of halogens is 3. The molecule has 6 heteroatoms. The first-order valence-electron chi connectivity index (χ1n) is 8.54. The lowest BCUT2D eigenvalue weighted by molar-refractivity contribution is -0.139. The second-order valence-electron chi connectivity index (χ2n) is 6.37. The van der Waals surface area contributed by atoms with E-state index in [0.29, 0.717) is 24.1 Å². The number of likely N-dealkylation sites (tertiary alicyclic amines) is 1. The molecule has 0 bridgehead atoms. The normalized spacial score (nSPS) is 17.2. The zero-order valence-electron chi connectivity index (χ0n) is 14.4. The molecule has 1 aliphatic heterocycles. The molecular weight excluding hydrogens is 343 g/mol. The van der Waals surface area contributed by atoms with Crippen LogP contribution in [0.1, 0.15) is 42.5 Å². The number of hydrogen-bond acceptors (Lipinski definition) is 2. The molecular formula is C20H20F3NO2. The Morgan fingerprint density at radius 3 is 2.27 bits per heavy atom. The number of hydrogen-bond donors (Lipinski definition) is 0. The van der Waals surface area contributed by atoms with Crippen LogP contribution in [0.3, 0.4) is 0 Å². The molecule has 1 fully saturated rings. The highest BCUT2D eigenvalue weighted by Gasteiger charge is 2.35. The van der Waals surface area contributed by atoms with Crippen LogP contribution in [0.2, 0.25) is 0 Å². The fourth-order valence-corrected chi connectivity index (χ4v) is 3.44. The Balaban J connectivity index is 2.06. The van der Waals surface area contributed by atoms with Crippen molar-refractivity contribution in [1.82, 2.24) is 4.90 Å². The smallest absolute Gasteiger partial charge is 0.223 e. The van der Waals surface area contributed by atoms with Gasteiger partial charge in [-0.2, -0.15) is 0 Å². The number of ether oxygens (including phenoxy) is 1. The minimum Gasteiger partial charge on any atom is -0.374 e. The molecule has 0 radical (unpaired) electrons. The summed E-state index contributed by atoms with van der Waals surface area (Å²) in [7, 11) is 1.46. The Hall–Kier alpha value is -2.34. The van der Waals surface area contributed by atoms with Crippen molar-refractivity contribution in [2.75, 3.05) is 13.7 Å². The molecule has 0 N–H and O–H groups in total. The second kappa shape index (κ2) is 7.91. The summed E-state index contributed by atoms with van der Waals surface area (Å²) in [4.78, 5) is 14.2. The van der Waals surface area contributed by atoms with Crippen molar-refractivity contribution in [2.45, 2.75) is 31.4 Å². The van der Waals surface area contributed by atoms with Crippen LogP contribution in [0.15, 0.2) is 42.5 Å². The molecule has 0 unspecified atom stereocenters. The van der Waals surface area contributed by atoms with Crippen LogP contribution in [-0.4, -0.2) is 24.5 Å². The number of benzene rings is 2. The Bertz CT molecular complexity index is 779. The van der Waals surface area contributed by atoms with Crippen LogP contribution < -0.4 is 0 Å². The molecule has 0 saturated carbocycles. The minimum atomic E-state index is -0.979. The quantitative estimate of drug-likeness (QED) is 0.780. The van der Waals surface area contributed by atoms with E-state index in [1.54, 1.807) is 17.0 Å². The lowest BCUT2D eigenvalue weighted by atomic mass is 9.92. The van der Waals surface area contributed by atoms with Crippen molar-refractivity contribution in [3.63, 3.8) is 0 Å². The van der Waals surface area contributed by atoms with Gasteiger partial charge >= 0.3 is 0 Å². The molecule has 1 aliphatic rings. The molecule has 2 aromatic rings. The van der Waals surface area contributed by atoms with Gasteiger partial charge in [-0.1, -0.05) is 18.2 Å². The van der Waals surface area contributed by atoms with Gasteiger partial charge in [0.15, 0.2) is 11.6 Å². The van der Waals surface area contributed by atoms with E-state index in [1.807, 2.05) is 0 Å². The minimum absolute atomic E-state index is 0.0322. The maximum Gasteiger partial charge on any atom is 0.223 e. The van der Waals surface area contributed by atoms with Crippen molar-refractivity contribution in [3.8, 4) is 0 Å². The molecule has 26 heavy (non-hydrogen) atoms. The van der Waals surface area contributed by atoms with Crippen molar-refractivity contribution in [2.24, 2.45) is 0 Å². The van der Waals surface area contributed by atoms with Crippen LogP contribution in [0.25, 0.3) is 0 Å². The average Bonchev–Trinajstić information content (AvgIpc) is 2.64. The monoisotopic (exact) mass is 363 g/mol. The maximum absolute atomic E-state index is 13.8. The third kappa shape index (κ3) is 3.75. The summed E-state index contributed by atoms with van der Waals surface area (Å²) < 4.78 is 46.1. The number of rotatable bonds is 5. The van der Waals surface area contributed by atoms with Crippen LogP contribution in [0.4, 0.5) is 13.2 Å². The molecule has 2 atom stereocenters. The van der Waals surface area contributed by atoms with Gasteiger partial charge in [0.2, 0.25) is 5.91 Å². The molecule has 2 aromatic carbocycles. The summed E-state index contributed by atoms with van der Waals surface area (Å²) in [5.74, 6) is -2.35. The molecule has 1 heterocycles. The molecule has 1 saturated heterocycles. The van der Waals surface area contributed by atoms with Gasteiger partial charge in [-0.3, -0.25) is 4.79 Å². The Labute approximate surface area is 150 Å². The summed E-state index contributed by atoms with van der Waals surface area (Å²) in [5, 5.41) is 0. The highest BCUT2D eigenvalue weighted by Crippen LogP contribution is 2.38. The van der Waals surface area contributed by atoms with Gasteiger partial charge in [-0.05, 0) is 48.2 Å². The van der Waals surface area contributed by atoms with Gasteiger partial charge in [0.1, 0.15) is 11.9 Å². The maximum atomic E-state index is 13.8. The van der Waals surface area contributed by atoms with E-state index in [0.717, 1.165) is 25.0 Å². The predicted molar refractivity (Wildman–Crippen MR) is 90.8 cm³/mol. The summed E-state index contributed by atoms with van der Waals surface area (Å²) in [6, 6.07) is 8.81. The van der Waals surface area contributed by atoms with Gasteiger partial charge in [-0.15, -0.1) is 0 Å². The van der Waals surface area contributed by atoms with Crippen LogP contribution in [0, 0.1) is 17.5 Å². The number of nitrogens with zero attached hydrogens (tertiary/aromatic N) is 1. The molecule has 0 spiro atoms. The van der Waals surface area contributed by atoms with E-state index >= 15 is 0 Å². The topological polar surface area (TPSA) is 29.5 Å². The summed E-state index contributed by atoms with van der Waals surface area (Å²) in [6.07, 6.45) is 1.37. The Morgan fingerprint density at radius 1 is 0.962 bits per heavy atom. The summed E-state index contributed by atoms with van der Waals surface area (Å²) >= 11 is 0. The summed E-state index contributed by atoms with van der Waals surface area (Å²) in [5.41, 5.74) is 1.09. The van der Waals surface area contributed by atoms with E-state index in [-0.39, 0.29) is 11.7 Å². The highest BCUT2D eigenvalue weighted by molar-refractivity contribution is 5.77. The van der Waals surface area contributed by atoms with Gasteiger partial charge in [-0.25, -0.2) is 13.2 Å². The second-order valence-corrected chi connectivity index (χ2v) is 6.37. The highest BCUT2D eigenvalue weighted by atomic mass is 19.2.